The molecule has 0 aromatic heterocycles. The summed E-state index contributed by atoms with van der Waals surface area (Å²) in [7, 11) is -2.29. The number of sulfonamides is 1. The van der Waals surface area contributed by atoms with E-state index < -0.39 is 21.2 Å². The quantitative estimate of drug-likeness (QED) is 0.409. The van der Waals surface area contributed by atoms with Crippen LogP contribution in [0.5, 0.6) is 5.75 Å². The Kier molecular flexibility index (Phi) is 9.53. The van der Waals surface area contributed by atoms with Crippen molar-refractivity contribution in [1.29, 1.82) is 0 Å². The second-order valence-corrected chi connectivity index (χ2v) is 15.6. The monoisotopic (exact) mass is 656 g/mol. The number of rotatable bonds is 4. The molecule has 2 bridgehead atoms. The lowest BCUT2D eigenvalue weighted by Gasteiger charge is -2.46. The zero-order chi connectivity index (χ0) is 31.8. The van der Waals surface area contributed by atoms with Crippen molar-refractivity contribution in [2.75, 3.05) is 44.9 Å². The second-order valence-electron chi connectivity index (χ2n) is 13.3. The number of carbonyl (C=O) groups excluding carboxylic acids is 1. The lowest BCUT2D eigenvalue weighted by molar-refractivity contribution is 0.0131. The third kappa shape index (κ3) is 6.51. The predicted molar refractivity (Wildman–Crippen MR) is 177 cm³/mol. The number of ether oxygens (including phenoxy) is 3. The number of hydrogen-bond acceptors (Lipinski definition) is 7. The molecule has 2 aliphatic heterocycles. The largest absolute Gasteiger partial charge is 0.490 e. The lowest BCUT2D eigenvalue weighted by atomic mass is 9.68. The number of methoxy groups -OCH3 is 1. The van der Waals surface area contributed by atoms with Crippen LogP contribution in [0.15, 0.2) is 48.6 Å². The van der Waals surface area contributed by atoms with Gasteiger partial charge in [0, 0.05) is 42.8 Å². The van der Waals surface area contributed by atoms with Crippen LogP contribution in [0.2, 0.25) is 5.02 Å². The van der Waals surface area contributed by atoms with Gasteiger partial charge in [-0.15, -0.1) is 0 Å². The van der Waals surface area contributed by atoms with E-state index >= 15 is 0 Å². The summed E-state index contributed by atoms with van der Waals surface area (Å²) in [6, 6.07) is 11.5. The first-order valence-corrected chi connectivity index (χ1v) is 18.2. The van der Waals surface area contributed by atoms with Crippen molar-refractivity contribution in [3.05, 3.63) is 70.3 Å². The molecule has 1 spiro atoms. The Labute approximate surface area is 272 Å². The zero-order valence-electron chi connectivity index (χ0n) is 26.5. The Morgan fingerprint density at radius 1 is 1.18 bits per heavy atom. The molecule has 4 aliphatic rings. The minimum atomic E-state index is -4.04. The summed E-state index contributed by atoms with van der Waals surface area (Å²) in [6.45, 7) is 6.14. The van der Waals surface area contributed by atoms with Crippen LogP contribution in [0.1, 0.15) is 67.4 Å². The highest BCUT2D eigenvalue weighted by Crippen LogP contribution is 2.47. The molecule has 6 rings (SSSR count). The number of carbonyl (C=O) groups is 1. The second kappa shape index (κ2) is 13.3. The van der Waals surface area contributed by atoms with Crippen molar-refractivity contribution in [3.8, 4) is 5.75 Å². The molecule has 2 aliphatic carbocycles. The fourth-order valence-corrected chi connectivity index (χ4v) is 9.55. The Hall–Kier alpha value is -2.59. The van der Waals surface area contributed by atoms with Crippen LogP contribution < -0.4 is 14.4 Å². The zero-order valence-corrected chi connectivity index (χ0v) is 28.0. The van der Waals surface area contributed by atoms with Crippen molar-refractivity contribution >= 4 is 33.2 Å². The maximum absolute atomic E-state index is 13.6. The molecule has 10 heteroatoms. The predicted octanol–water partition coefficient (Wildman–Crippen LogP) is 5.92. The first kappa shape index (κ1) is 32.4. The van der Waals surface area contributed by atoms with Gasteiger partial charge in [0.05, 0.1) is 25.0 Å². The van der Waals surface area contributed by atoms with Gasteiger partial charge in [-0.1, -0.05) is 36.7 Å². The average molecular weight is 657 g/mol. The summed E-state index contributed by atoms with van der Waals surface area (Å²) in [4.78, 5) is 16.0. The first-order valence-electron chi connectivity index (χ1n) is 16.3. The molecule has 0 saturated heterocycles. The van der Waals surface area contributed by atoms with E-state index in [1.165, 1.54) is 11.1 Å². The maximum atomic E-state index is 13.6. The van der Waals surface area contributed by atoms with E-state index in [9.17, 15) is 13.2 Å². The molecule has 244 valence electrons. The number of anilines is 1. The molecule has 2 aromatic rings. The normalized spacial score (nSPS) is 31.9. The fourth-order valence-electron chi connectivity index (χ4n) is 7.83. The van der Waals surface area contributed by atoms with Gasteiger partial charge in [0.25, 0.3) is 5.91 Å². The summed E-state index contributed by atoms with van der Waals surface area (Å²) in [5.41, 5.74) is 3.41. The summed E-state index contributed by atoms with van der Waals surface area (Å²) >= 11 is 6.42. The summed E-state index contributed by atoms with van der Waals surface area (Å²) < 4.78 is 47.8. The molecular weight excluding hydrogens is 612 g/mol. The van der Waals surface area contributed by atoms with E-state index in [1.54, 1.807) is 19.2 Å². The smallest absolute Gasteiger partial charge is 0.264 e. The third-order valence-corrected chi connectivity index (χ3v) is 12.6. The molecule has 1 amide bonds. The molecule has 1 saturated carbocycles. The number of aryl methyl sites for hydroxylation is 1. The third-order valence-electron chi connectivity index (χ3n) is 10.5. The Balaban J connectivity index is 1.42. The summed E-state index contributed by atoms with van der Waals surface area (Å²) in [5, 5.41) is -0.148. The molecular formula is C35H45ClN2O6S. The van der Waals surface area contributed by atoms with Crippen LogP contribution in [0.3, 0.4) is 0 Å². The Morgan fingerprint density at radius 3 is 2.78 bits per heavy atom. The first-order chi connectivity index (χ1) is 21.6. The van der Waals surface area contributed by atoms with E-state index in [2.05, 4.69) is 27.8 Å². The summed E-state index contributed by atoms with van der Waals surface area (Å²) in [5.74, 6) is 0.512. The van der Waals surface area contributed by atoms with Gasteiger partial charge in [-0.05, 0) is 105 Å². The van der Waals surface area contributed by atoms with Gasteiger partial charge in [-0.2, -0.15) is 0 Å². The van der Waals surface area contributed by atoms with Crippen LogP contribution >= 0.6 is 11.6 Å². The Morgan fingerprint density at radius 2 is 2.02 bits per heavy atom. The Bertz CT molecular complexity index is 1550. The minimum absolute atomic E-state index is 0.00704. The SMILES string of the molecule is CCOC[C@@H]1[C@@H](C)C/C=C/[C@H](OC)[C@@H]2CC[C@H]2CN2C[C@@]3(CCCc4cc(Cl)ccc43)COc3ccc(cc32)C(=O)NS1(=O)=O. The minimum Gasteiger partial charge on any atom is -0.490 e. The van der Waals surface area contributed by atoms with Gasteiger partial charge >= 0.3 is 0 Å². The highest BCUT2D eigenvalue weighted by molar-refractivity contribution is 7.90. The van der Waals surface area contributed by atoms with Gasteiger partial charge in [-0.25, -0.2) is 13.1 Å². The van der Waals surface area contributed by atoms with Crippen LogP contribution in [0.25, 0.3) is 0 Å². The molecule has 0 unspecified atom stereocenters. The van der Waals surface area contributed by atoms with E-state index in [1.807, 2.05) is 32.1 Å². The number of allylic oxidation sites excluding steroid dienone is 1. The van der Waals surface area contributed by atoms with Crippen LogP contribution in [0, 0.1) is 17.8 Å². The number of halogens is 1. The number of benzene rings is 2. The molecule has 1 fully saturated rings. The maximum Gasteiger partial charge on any atom is 0.264 e. The van der Waals surface area contributed by atoms with Crippen molar-refractivity contribution in [2.45, 2.75) is 69.1 Å². The van der Waals surface area contributed by atoms with E-state index in [-0.39, 0.29) is 29.6 Å². The molecule has 2 aromatic carbocycles. The topological polar surface area (TPSA) is 94.2 Å². The van der Waals surface area contributed by atoms with Crippen molar-refractivity contribution in [1.82, 2.24) is 4.72 Å². The van der Waals surface area contributed by atoms with Crippen molar-refractivity contribution in [2.24, 2.45) is 17.8 Å². The molecule has 45 heavy (non-hydrogen) atoms. The number of hydrogen-bond donors (Lipinski definition) is 1. The molecule has 1 N–H and O–H groups in total. The standard InChI is InChI=1S/C35H45ClN2O6S/c1-4-43-20-33-23(2)7-5-9-31(42-3)28-13-10-26(28)19-38-21-35(16-6-8-24-17-27(36)12-14-29(24)35)22-44-32-15-11-25(18-30(32)38)34(39)37-45(33,40)41/h5,9,11-12,14-15,17-18,23,26,28,31,33H,4,6-8,10,13,16,19-22H2,1-3H3,(H,37,39)/b9-5+/t23-,26-,28+,31-,33+,35-/m0/s1. The van der Waals surface area contributed by atoms with Gasteiger partial charge in [0.2, 0.25) is 10.0 Å². The van der Waals surface area contributed by atoms with Gasteiger partial charge < -0.3 is 19.1 Å². The van der Waals surface area contributed by atoms with Crippen LogP contribution in [-0.2, 0) is 31.3 Å². The van der Waals surface area contributed by atoms with E-state index in [0.29, 0.717) is 37.2 Å². The van der Waals surface area contributed by atoms with E-state index in [0.717, 1.165) is 55.9 Å². The number of nitrogens with zero attached hydrogens (tertiary/aromatic N) is 1. The number of amides is 1. The highest BCUT2D eigenvalue weighted by atomic mass is 35.5. The number of nitrogens with one attached hydrogen (secondary N) is 1. The average Bonchev–Trinajstić information content (AvgIpc) is 3.14. The van der Waals surface area contributed by atoms with Gasteiger partial charge in [0.1, 0.15) is 11.0 Å². The van der Waals surface area contributed by atoms with Crippen molar-refractivity contribution < 1.29 is 27.4 Å². The molecule has 6 atom stereocenters. The fraction of sp³-hybridized carbons (Fsp3) is 0.571. The van der Waals surface area contributed by atoms with Crippen LogP contribution in [-0.4, -0.2) is 65.7 Å². The molecule has 8 nitrogen and oxygen atoms in total. The molecule has 2 heterocycles. The highest BCUT2D eigenvalue weighted by Gasteiger charge is 2.44. The lowest BCUT2D eigenvalue weighted by Crippen LogP contribution is -2.49. The van der Waals surface area contributed by atoms with Gasteiger partial charge in [-0.3, -0.25) is 4.79 Å². The van der Waals surface area contributed by atoms with E-state index in [4.69, 9.17) is 25.8 Å². The summed E-state index contributed by atoms with van der Waals surface area (Å²) in [6.07, 6.45) is 9.76. The van der Waals surface area contributed by atoms with Crippen molar-refractivity contribution in [3.63, 3.8) is 0 Å². The van der Waals surface area contributed by atoms with Crippen LogP contribution in [0.4, 0.5) is 5.69 Å². The number of fused-ring (bicyclic) bond motifs is 4. The van der Waals surface area contributed by atoms with Gasteiger partial charge in [0.15, 0.2) is 0 Å². The molecule has 0 radical (unpaired) electrons.